The Bertz CT molecular complexity index is 420. The molecule has 4 nitrogen and oxygen atoms in total. The summed E-state index contributed by atoms with van der Waals surface area (Å²) in [6, 6.07) is 7.83. The van der Waals surface area contributed by atoms with E-state index in [9.17, 15) is 9.59 Å². The third kappa shape index (κ3) is 4.79. The Kier molecular flexibility index (Phi) is 6.28. The molecule has 0 saturated carbocycles. The molecule has 0 unspecified atom stereocenters. The molecule has 0 aliphatic rings. The summed E-state index contributed by atoms with van der Waals surface area (Å²) in [4.78, 5) is 23.7. The van der Waals surface area contributed by atoms with Crippen LogP contribution in [0.4, 0.5) is 0 Å². The van der Waals surface area contributed by atoms with Crippen LogP contribution in [0.1, 0.15) is 18.9 Å². The van der Waals surface area contributed by atoms with Gasteiger partial charge in [0.1, 0.15) is 6.42 Å². The van der Waals surface area contributed by atoms with E-state index < -0.39 is 5.97 Å². The fraction of sp³-hybridized carbons (Fsp3) is 0.385. The van der Waals surface area contributed by atoms with Crippen LogP contribution in [0.25, 0.3) is 0 Å². The lowest BCUT2D eigenvalue weighted by Gasteiger charge is -2.08. The van der Waals surface area contributed by atoms with Crippen LogP contribution in [0, 0.1) is 0 Å². The maximum absolute atomic E-state index is 11.5. The van der Waals surface area contributed by atoms with Gasteiger partial charge in [0.2, 0.25) is 5.91 Å². The molecular formula is C13H17NO3S. The number of thioether (sulfide) groups is 1. The van der Waals surface area contributed by atoms with Gasteiger partial charge < -0.3 is 10.1 Å². The van der Waals surface area contributed by atoms with Gasteiger partial charge in [0.15, 0.2) is 0 Å². The van der Waals surface area contributed by atoms with Gasteiger partial charge in [-0.2, -0.15) is 0 Å². The standard InChI is InChI=1S/C13H17NO3S/c1-3-17-13(16)8-12(15)14-9-10-6-4-5-7-11(10)18-2/h4-7H,3,8-9H2,1-2H3,(H,14,15). The molecule has 0 atom stereocenters. The first kappa shape index (κ1) is 14.6. The number of amides is 1. The van der Waals surface area contributed by atoms with Crippen molar-refractivity contribution in [2.45, 2.75) is 24.8 Å². The minimum atomic E-state index is -0.492. The smallest absolute Gasteiger partial charge is 0.315 e. The van der Waals surface area contributed by atoms with Crippen LogP contribution in [0.2, 0.25) is 0 Å². The van der Waals surface area contributed by atoms with Crippen LogP contribution in [-0.2, 0) is 20.9 Å². The Morgan fingerprint density at radius 3 is 2.72 bits per heavy atom. The molecule has 5 heteroatoms. The van der Waals surface area contributed by atoms with Gasteiger partial charge in [-0.3, -0.25) is 9.59 Å². The van der Waals surface area contributed by atoms with Gasteiger partial charge in [-0.25, -0.2) is 0 Å². The fourth-order valence-electron chi connectivity index (χ4n) is 1.45. The first-order chi connectivity index (χ1) is 8.67. The van der Waals surface area contributed by atoms with E-state index in [4.69, 9.17) is 4.74 Å². The minimum Gasteiger partial charge on any atom is -0.466 e. The second-order valence-corrected chi connectivity index (χ2v) is 4.42. The molecule has 1 rings (SSSR count). The van der Waals surface area contributed by atoms with Gasteiger partial charge in [0, 0.05) is 11.4 Å². The van der Waals surface area contributed by atoms with Crippen molar-refractivity contribution in [3.05, 3.63) is 29.8 Å². The van der Waals surface area contributed by atoms with Crippen molar-refractivity contribution >= 4 is 23.6 Å². The van der Waals surface area contributed by atoms with Crippen molar-refractivity contribution in [2.24, 2.45) is 0 Å². The van der Waals surface area contributed by atoms with Crippen LogP contribution in [-0.4, -0.2) is 24.7 Å². The van der Waals surface area contributed by atoms with Crippen molar-refractivity contribution in [2.75, 3.05) is 12.9 Å². The van der Waals surface area contributed by atoms with Crippen molar-refractivity contribution in [1.29, 1.82) is 0 Å². The van der Waals surface area contributed by atoms with E-state index in [0.29, 0.717) is 13.2 Å². The van der Waals surface area contributed by atoms with E-state index in [0.717, 1.165) is 10.5 Å². The summed E-state index contributed by atoms with van der Waals surface area (Å²) in [5.41, 5.74) is 1.04. The number of benzene rings is 1. The normalized spacial score (nSPS) is 9.89. The molecule has 0 bridgehead atoms. The number of carbonyl (C=O) groups is 2. The Morgan fingerprint density at radius 2 is 2.06 bits per heavy atom. The van der Waals surface area contributed by atoms with E-state index in [-0.39, 0.29) is 12.3 Å². The molecule has 18 heavy (non-hydrogen) atoms. The van der Waals surface area contributed by atoms with Gasteiger partial charge in [0.05, 0.1) is 6.61 Å². The van der Waals surface area contributed by atoms with Gasteiger partial charge in [-0.1, -0.05) is 18.2 Å². The maximum atomic E-state index is 11.5. The summed E-state index contributed by atoms with van der Waals surface area (Å²) >= 11 is 1.63. The van der Waals surface area contributed by atoms with Crippen molar-refractivity contribution in [1.82, 2.24) is 5.32 Å². The first-order valence-corrected chi connectivity index (χ1v) is 6.94. The van der Waals surface area contributed by atoms with E-state index in [1.54, 1.807) is 18.7 Å². The van der Waals surface area contributed by atoms with Crippen LogP contribution in [0.5, 0.6) is 0 Å². The molecule has 0 heterocycles. The number of ether oxygens (including phenoxy) is 1. The summed E-state index contributed by atoms with van der Waals surface area (Å²) in [7, 11) is 0. The van der Waals surface area contributed by atoms with Crippen LogP contribution >= 0.6 is 11.8 Å². The summed E-state index contributed by atoms with van der Waals surface area (Å²) in [5, 5.41) is 2.71. The Morgan fingerprint density at radius 1 is 1.33 bits per heavy atom. The van der Waals surface area contributed by atoms with Crippen molar-refractivity contribution in [3.63, 3.8) is 0 Å². The van der Waals surface area contributed by atoms with Crippen LogP contribution in [0.3, 0.4) is 0 Å². The highest BCUT2D eigenvalue weighted by molar-refractivity contribution is 7.98. The van der Waals surface area contributed by atoms with Crippen LogP contribution in [0.15, 0.2) is 29.2 Å². The molecule has 1 N–H and O–H groups in total. The maximum Gasteiger partial charge on any atom is 0.315 e. The van der Waals surface area contributed by atoms with E-state index >= 15 is 0 Å². The quantitative estimate of drug-likeness (QED) is 0.486. The number of nitrogens with one attached hydrogen (secondary N) is 1. The molecule has 1 amide bonds. The van der Waals surface area contributed by atoms with E-state index in [2.05, 4.69) is 5.32 Å². The number of esters is 1. The zero-order valence-corrected chi connectivity index (χ0v) is 11.4. The van der Waals surface area contributed by atoms with E-state index in [1.165, 1.54) is 0 Å². The van der Waals surface area contributed by atoms with E-state index in [1.807, 2.05) is 30.5 Å². The average Bonchev–Trinajstić information content (AvgIpc) is 2.37. The largest absolute Gasteiger partial charge is 0.466 e. The third-order valence-electron chi connectivity index (χ3n) is 2.28. The molecule has 98 valence electrons. The van der Waals surface area contributed by atoms with Crippen molar-refractivity contribution in [3.8, 4) is 0 Å². The predicted molar refractivity (Wildman–Crippen MR) is 71.3 cm³/mol. The molecule has 0 aliphatic heterocycles. The monoisotopic (exact) mass is 267 g/mol. The average molecular weight is 267 g/mol. The van der Waals surface area contributed by atoms with Gasteiger partial charge in [-0.15, -0.1) is 11.8 Å². The summed E-state index contributed by atoms with van der Waals surface area (Å²) in [5.74, 6) is -0.808. The minimum absolute atomic E-state index is 0.227. The number of hydrogen-bond acceptors (Lipinski definition) is 4. The zero-order chi connectivity index (χ0) is 13.4. The van der Waals surface area contributed by atoms with Gasteiger partial charge >= 0.3 is 5.97 Å². The van der Waals surface area contributed by atoms with Gasteiger partial charge in [0.25, 0.3) is 0 Å². The molecule has 0 fully saturated rings. The Hall–Kier alpha value is -1.49. The number of hydrogen-bond donors (Lipinski definition) is 1. The highest BCUT2D eigenvalue weighted by atomic mass is 32.2. The van der Waals surface area contributed by atoms with Crippen molar-refractivity contribution < 1.29 is 14.3 Å². The molecule has 0 aliphatic carbocycles. The second kappa shape index (κ2) is 7.76. The first-order valence-electron chi connectivity index (χ1n) is 5.71. The molecule has 1 aromatic carbocycles. The lowest BCUT2D eigenvalue weighted by molar-refractivity contribution is -0.146. The molecular weight excluding hydrogens is 250 g/mol. The molecule has 0 aromatic heterocycles. The molecule has 0 spiro atoms. The third-order valence-corrected chi connectivity index (χ3v) is 3.12. The summed E-state index contributed by atoms with van der Waals surface area (Å²) < 4.78 is 4.71. The Labute approximate surface area is 111 Å². The summed E-state index contributed by atoms with van der Waals surface area (Å²) in [6.45, 7) is 2.43. The number of carbonyl (C=O) groups excluding carboxylic acids is 2. The SMILES string of the molecule is CCOC(=O)CC(=O)NCc1ccccc1SC. The zero-order valence-electron chi connectivity index (χ0n) is 10.6. The lowest BCUT2D eigenvalue weighted by atomic mass is 10.2. The fourth-order valence-corrected chi connectivity index (χ4v) is 2.07. The molecule has 1 aromatic rings. The summed E-state index contributed by atoms with van der Waals surface area (Å²) in [6.07, 6.45) is 1.76. The Balaban J connectivity index is 2.45. The number of rotatable bonds is 6. The molecule has 0 radical (unpaired) electrons. The predicted octanol–water partition coefficient (Wildman–Crippen LogP) is 1.98. The van der Waals surface area contributed by atoms with Gasteiger partial charge in [-0.05, 0) is 24.8 Å². The highest BCUT2D eigenvalue weighted by Crippen LogP contribution is 2.19. The highest BCUT2D eigenvalue weighted by Gasteiger charge is 2.10. The van der Waals surface area contributed by atoms with Crippen LogP contribution < -0.4 is 5.32 Å². The lowest BCUT2D eigenvalue weighted by Crippen LogP contribution is -2.26. The molecule has 0 saturated heterocycles. The second-order valence-electron chi connectivity index (χ2n) is 3.57. The topological polar surface area (TPSA) is 55.4 Å².